The van der Waals surface area contributed by atoms with Crippen LogP contribution in [0.25, 0.3) is 0 Å². The van der Waals surface area contributed by atoms with Crippen LogP contribution in [-0.2, 0) is 0 Å². The Morgan fingerprint density at radius 3 is 2.37 bits per heavy atom. The summed E-state index contributed by atoms with van der Waals surface area (Å²) in [5.41, 5.74) is 6.00. The maximum atomic E-state index is 13.0. The van der Waals surface area contributed by atoms with Crippen LogP contribution in [-0.4, -0.2) is 11.0 Å². The first kappa shape index (κ1) is 13.2. The lowest BCUT2D eigenvalue weighted by Crippen LogP contribution is -2.12. The first-order chi connectivity index (χ1) is 9.10. The van der Waals surface area contributed by atoms with Crippen molar-refractivity contribution in [3.63, 3.8) is 0 Å². The van der Waals surface area contributed by atoms with Gasteiger partial charge in [-0.05, 0) is 36.4 Å². The highest BCUT2D eigenvalue weighted by atomic mass is 35.5. The minimum Gasteiger partial charge on any atom is -0.457 e. The summed E-state index contributed by atoms with van der Waals surface area (Å²) >= 11 is 5.65. The number of halogens is 2. The Morgan fingerprint density at radius 2 is 1.79 bits per heavy atom. The van der Waals surface area contributed by atoms with E-state index in [0.717, 1.165) is 0 Å². The first-order valence-corrected chi connectivity index (χ1v) is 5.69. The van der Waals surface area contributed by atoms with E-state index in [1.165, 1.54) is 18.2 Å². The molecule has 2 aromatic rings. The van der Waals surface area contributed by atoms with E-state index in [0.29, 0.717) is 17.1 Å². The van der Waals surface area contributed by atoms with Crippen LogP contribution >= 0.6 is 11.6 Å². The van der Waals surface area contributed by atoms with Gasteiger partial charge < -0.3 is 15.7 Å². The fourth-order valence-electron chi connectivity index (χ4n) is 1.43. The van der Waals surface area contributed by atoms with Crippen molar-refractivity contribution >= 4 is 17.4 Å². The third-order valence-electron chi connectivity index (χ3n) is 2.38. The van der Waals surface area contributed by atoms with Crippen molar-refractivity contribution in [3.05, 3.63) is 58.9 Å². The summed E-state index contributed by atoms with van der Waals surface area (Å²) in [6.45, 7) is 0. The van der Waals surface area contributed by atoms with Crippen LogP contribution in [0, 0.1) is 5.82 Å². The van der Waals surface area contributed by atoms with Crippen LogP contribution in [0.5, 0.6) is 11.5 Å². The molecule has 0 aromatic heterocycles. The Kier molecular flexibility index (Phi) is 3.87. The van der Waals surface area contributed by atoms with Crippen LogP contribution in [0.3, 0.4) is 0 Å². The zero-order valence-corrected chi connectivity index (χ0v) is 10.4. The Labute approximate surface area is 113 Å². The van der Waals surface area contributed by atoms with Crippen molar-refractivity contribution in [3.8, 4) is 11.5 Å². The molecule has 0 aliphatic rings. The van der Waals surface area contributed by atoms with Gasteiger partial charge in [-0.1, -0.05) is 16.8 Å². The van der Waals surface area contributed by atoms with Crippen LogP contribution < -0.4 is 10.5 Å². The topological polar surface area (TPSA) is 67.8 Å². The number of oxime groups is 1. The highest BCUT2D eigenvalue weighted by molar-refractivity contribution is 6.30. The molecule has 0 aliphatic carbocycles. The molecular weight excluding hydrogens is 271 g/mol. The lowest BCUT2D eigenvalue weighted by Gasteiger charge is -2.07. The molecule has 0 bridgehead atoms. The minimum atomic E-state index is -0.503. The molecule has 0 atom stereocenters. The number of ether oxygens (including phenoxy) is 1. The van der Waals surface area contributed by atoms with Crippen molar-refractivity contribution in [2.24, 2.45) is 10.9 Å². The van der Waals surface area contributed by atoms with Crippen molar-refractivity contribution in [2.75, 3.05) is 0 Å². The van der Waals surface area contributed by atoms with Crippen molar-refractivity contribution in [2.45, 2.75) is 0 Å². The molecule has 2 rings (SSSR count). The Hall–Kier alpha value is -2.27. The summed E-state index contributed by atoms with van der Waals surface area (Å²) in [5, 5.41) is 11.4. The van der Waals surface area contributed by atoms with E-state index in [4.69, 9.17) is 27.3 Å². The van der Waals surface area contributed by atoms with Crippen molar-refractivity contribution in [1.29, 1.82) is 0 Å². The molecule has 19 heavy (non-hydrogen) atoms. The van der Waals surface area contributed by atoms with Crippen molar-refractivity contribution < 1.29 is 14.3 Å². The number of hydrogen-bond acceptors (Lipinski definition) is 3. The normalized spacial score (nSPS) is 11.4. The molecule has 0 saturated heterocycles. The Morgan fingerprint density at radius 1 is 1.16 bits per heavy atom. The molecule has 0 fully saturated rings. The van der Waals surface area contributed by atoms with Crippen LogP contribution in [0.4, 0.5) is 4.39 Å². The summed E-state index contributed by atoms with van der Waals surface area (Å²) in [4.78, 5) is 0. The second-order valence-electron chi connectivity index (χ2n) is 3.69. The zero-order valence-electron chi connectivity index (χ0n) is 9.68. The molecular formula is C13H10ClFN2O2. The van der Waals surface area contributed by atoms with E-state index < -0.39 is 5.82 Å². The SMILES string of the molecule is NC(=NO)c1ccc(Oc2ccc(F)c(Cl)c2)cc1. The second kappa shape index (κ2) is 5.58. The predicted octanol–water partition coefficient (Wildman–Crippen LogP) is 3.37. The minimum absolute atomic E-state index is 0.00854. The third-order valence-corrected chi connectivity index (χ3v) is 2.67. The quantitative estimate of drug-likeness (QED) is 0.392. The summed E-state index contributed by atoms with van der Waals surface area (Å²) in [6, 6.07) is 10.6. The van der Waals surface area contributed by atoms with Gasteiger partial charge >= 0.3 is 0 Å². The molecule has 3 N–H and O–H groups in total. The summed E-state index contributed by atoms with van der Waals surface area (Å²) in [5.74, 6) is 0.452. The number of amidine groups is 1. The molecule has 0 heterocycles. The van der Waals surface area contributed by atoms with Gasteiger partial charge in [0.1, 0.15) is 17.3 Å². The monoisotopic (exact) mass is 280 g/mol. The van der Waals surface area contributed by atoms with Gasteiger partial charge in [-0.25, -0.2) is 4.39 Å². The molecule has 0 spiro atoms. The lowest BCUT2D eigenvalue weighted by molar-refractivity contribution is 0.318. The van der Waals surface area contributed by atoms with E-state index >= 15 is 0 Å². The van der Waals surface area contributed by atoms with E-state index in [2.05, 4.69) is 5.16 Å². The fourth-order valence-corrected chi connectivity index (χ4v) is 1.60. The van der Waals surface area contributed by atoms with E-state index in [9.17, 15) is 4.39 Å². The van der Waals surface area contributed by atoms with Crippen LogP contribution in [0.1, 0.15) is 5.56 Å². The summed E-state index contributed by atoms with van der Waals surface area (Å²) in [7, 11) is 0. The lowest BCUT2D eigenvalue weighted by atomic mass is 10.2. The number of rotatable bonds is 3. The first-order valence-electron chi connectivity index (χ1n) is 5.31. The van der Waals surface area contributed by atoms with Gasteiger partial charge in [-0.15, -0.1) is 0 Å². The second-order valence-corrected chi connectivity index (χ2v) is 4.09. The van der Waals surface area contributed by atoms with Gasteiger partial charge in [-0.3, -0.25) is 0 Å². The zero-order chi connectivity index (χ0) is 13.8. The molecule has 6 heteroatoms. The number of nitrogens with two attached hydrogens (primary N) is 1. The average molecular weight is 281 g/mol. The van der Waals surface area contributed by atoms with Crippen LogP contribution in [0.15, 0.2) is 47.6 Å². The number of benzene rings is 2. The van der Waals surface area contributed by atoms with Gasteiger partial charge in [0.25, 0.3) is 0 Å². The molecule has 4 nitrogen and oxygen atoms in total. The third kappa shape index (κ3) is 3.14. The van der Waals surface area contributed by atoms with E-state index in [1.54, 1.807) is 24.3 Å². The van der Waals surface area contributed by atoms with E-state index in [1.807, 2.05) is 0 Å². The Balaban J connectivity index is 2.17. The highest BCUT2D eigenvalue weighted by Gasteiger charge is 2.04. The summed E-state index contributed by atoms with van der Waals surface area (Å²) in [6.07, 6.45) is 0. The average Bonchev–Trinajstić information content (AvgIpc) is 2.43. The van der Waals surface area contributed by atoms with Crippen molar-refractivity contribution in [1.82, 2.24) is 0 Å². The smallest absolute Gasteiger partial charge is 0.170 e. The van der Waals surface area contributed by atoms with Gasteiger partial charge in [0.15, 0.2) is 5.84 Å². The highest BCUT2D eigenvalue weighted by Crippen LogP contribution is 2.26. The molecule has 0 unspecified atom stereocenters. The molecule has 98 valence electrons. The van der Waals surface area contributed by atoms with Gasteiger partial charge in [-0.2, -0.15) is 0 Å². The molecule has 0 radical (unpaired) electrons. The Bertz CT molecular complexity index is 615. The van der Waals surface area contributed by atoms with Gasteiger partial charge in [0.2, 0.25) is 0 Å². The maximum absolute atomic E-state index is 13.0. The number of hydrogen-bond donors (Lipinski definition) is 2. The van der Waals surface area contributed by atoms with Crippen LogP contribution in [0.2, 0.25) is 5.02 Å². The number of nitrogens with zero attached hydrogens (tertiary/aromatic N) is 1. The van der Waals surface area contributed by atoms with Gasteiger partial charge in [0, 0.05) is 11.6 Å². The van der Waals surface area contributed by atoms with E-state index in [-0.39, 0.29) is 10.9 Å². The summed E-state index contributed by atoms with van der Waals surface area (Å²) < 4.78 is 18.5. The maximum Gasteiger partial charge on any atom is 0.170 e. The molecule has 0 amide bonds. The predicted molar refractivity (Wildman–Crippen MR) is 70.4 cm³/mol. The molecule has 0 aliphatic heterocycles. The standard InChI is InChI=1S/C13H10ClFN2O2/c14-11-7-10(5-6-12(11)15)19-9-3-1-8(2-4-9)13(16)17-18/h1-7,18H,(H2,16,17). The molecule has 0 saturated carbocycles. The van der Waals surface area contributed by atoms with Gasteiger partial charge in [0.05, 0.1) is 5.02 Å². The molecule has 2 aromatic carbocycles. The fraction of sp³-hybridized carbons (Fsp3) is 0. The largest absolute Gasteiger partial charge is 0.457 e.